The molecular weight excluding hydrogens is 318 g/mol. The lowest BCUT2D eigenvalue weighted by Crippen LogP contribution is -2.51. The van der Waals surface area contributed by atoms with Gasteiger partial charge in [0.1, 0.15) is 5.82 Å². The van der Waals surface area contributed by atoms with Crippen LogP contribution in [0.25, 0.3) is 0 Å². The molecule has 1 amide bonds. The number of hydrogen-bond acceptors (Lipinski definition) is 3. The highest BCUT2D eigenvalue weighted by atomic mass is 35.5. The van der Waals surface area contributed by atoms with Crippen LogP contribution in [0.2, 0.25) is 5.02 Å². The van der Waals surface area contributed by atoms with Gasteiger partial charge >= 0.3 is 0 Å². The lowest BCUT2D eigenvalue weighted by Gasteiger charge is -2.38. The van der Waals surface area contributed by atoms with E-state index in [-0.39, 0.29) is 41.0 Å². The van der Waals surface area contributed by atoms with Crippen molar-refractivity contribution in [2.45, 2.75) is 25.0 Å². The van der Waals surface area contributed by atoms with E-state index in [1.54, 1.807) is 12.0 Å². The number of halogens is 3. The van der Waals surface area contributed by atoms with Crippen LogP contribution in [-0.2, 0) is 4.74 Å². The van der Waals surface area contributed by atoms with Crippen LogP contribution in [0.1, 0.15) is 23.2 Å². The second-order valence-electron chi connectivity index (χ2n) is 4.87. The number of benzene rings is 1. The molecular formula is C14H19Cl2FN2O2. The third kappa shape index (κ3) is 3.86. The van der Waals surface area contributed by atoms with Crippen molar-refractivity contribution in [3.05, 3.63) is 34.6 Å². The Morgan fingerprint density at radius 3 is 2.90 bits per heavy atom. The maximum atomic E-state index is 13.5. The zero-order valence-corrected chi connectivity index (χ0v) is 13.3. The molecule has 0 saturated carbocycles. The molecule has 1 aromatic rings. The molecule has 2 atom stereocenters. The van der Waals surface area contributed by atoms with E-state index < -0.39 is 5.82 Å². The zero-order valence-electron chi connectivity index (χ0n) is 11.7. The molecule has 1 heterocycles. The third-order valence-electron chi connectivity index (χ3n) is 3.72. The first-order chi connectivity index (χ1) is 9.58. The first-order valence-electron chi connectivity index (χ1n) is 6.56. The topological polar surface area (TPSA) is 55.6 Å². The quantitative estimate of drug-likeness (QED) is 0.922. The first kappa shape index (κ1) is 18.2. The molecule has 1 aliphatic rings. The minimum Gasteiger partial charge on any atom is -0.381 e. The van der Waals surface area contributed by atoms with Crippen LogP contribution in [0.4, 0.5) is 4.39 Å². The second kappa shape index (κ2) is 7.94. The van der Waals surface area contributed by atoms with E-state index in [9.17, 15) is 9.18 Å². The van der Waals surface area contributed by atoms with Gasteiger partial charge in [0, 0.05) is 26.2 Å². The van der Waals surface area contributed by atoms with Crippen molar-refractivity contribution in [2.24, 2.45) is 5.73 Å². The molecule has 2 unspecified atom stereocenters. The van der Waals surface area contributed by atoms with Crippen molar-refractivity contribution in [2.75, 3.05) is 20.2 Å². The summed E-state index contributed by atoms with van der Waals surface area (Å²) >= 11 is 5.88. The van der Waals surface area contributed by atoms with Crippen LogP contribution < -0.4 is 5.73 Å². The minimum atomic E-state index is -0.589. The van der Waals surface area contributed by atoms with Crippen molar-refractivity contribution < 1.29 is 13.9 Å². The van der Waals surface area contributed by atoms with Gasteiger partial charge in [-0.2, -0.15) is 0 Å². The van der Waals surface area contributed by atoms with E-state index in [0.29, 0.717) is 19.5 Å². The first-order valence-corrected chi connectivity index (χ1v) is 6.94. The zero-order chi connectivity index (χ0) is 14.7. The number of carbonyl (C=O) groups is 1. The molecule has 0 bridgehead atoms. The van der Waals surface area contributed by atoms with E-state index in [1.807, 2.05) is 0 Å². The summed E-state index contributed by atoms with van der Waals surface area (Å²) in [5.74, 6) is -0.868. The van der Waals surface area contributed by atoms with Gasteiger partial charge in [-0.1, -0.05) is 17.7 Å². The van der Waals surface area contributed by atoms with E-state index in [4.69, 9.17) is 22.1 Å². The number of piperidine rings is 1. The number of nitrogens with zero attached hydrogens (tertiary/aromatic N) is 1. The lowest BCUT2D eigenvalue weighted by atomic mass is 9.98. The summed E-state index contributed by atoms with van der Waals surface area (Å²) in [6.45, 7) is 0.880. The van der Waals surface area contributed by atoms with Crippen LogP contribution >= 0.6 is 24.0 Å². The van der Waals surface area contributed by atoms with Crippen LogP contribution in [0.5, 0.6) is 0 Å². The van der Waals surface area contributed by atoms with Gasteiger partial charge in [-0.05, 0) is 25.0 Å². The Kier molecular flexibility index (Phi) is 6.87. The average molecular weight is 337 g/mol. The normalized spacial score (nSPS) is 21.8. The molecule has 0 aromatic heterocycles. The van der Waals surface area contributed by atoms with Crippen molar-refractivity contribution in [1.29, 1.82) is 0 Å². The Hall–Kier alpha value is -0.880. The Morgan fingerprint density at radius 2 is 2.29 bits per heavy atom. The van der Waals surface area contributed by atoms with E-state index in [1.165, 1.54) is 18.2 Å². The van der Waals surface area contributed by atoms with Crippen LogP contribution in [-0.4, -0.2) is 43.2 Å². The fourth-order valence-corrected chi connectivity index (χ4v) is 2.75. The van der Waals surface area contributed by atoms with Gasteiger partial charge in [0.2, 0.25) is 0 Å². The molecule has 0 spiro atoms. The van der Waals surface area contributed by atoms with Gasteiger partial charge in [-0.15, -0.1) is 12.4 Å². The van der Waals surface area contributed by atoms with Crippen LogP contribution in [0, 0.1) is 5.82 Å². The Bertz CT molecular complexity index is 502. The van der Waals surface area contributed by atoms with Crippen LogP contribution in [0.3, 0.4) is 0 Å². The Morgan fingerprint density at radius 1 is 1.57 bits per heavy atom. The number of carbonyl (C=O) groups excluding carboxylic acids is 1. The van der Waals surface area contributed by atoms with E-state index >= 15 is 0 Å². The summed E-state index contributed by atoms with van der Waals surface area (Å²) < 4.78 is 18.8. The predicted molar refractivity (Wildman–Crippen MR) is 82.6 cm³/mol. The molecule has 2 rings (SSSR count). The van der Waals surface area contributed by atoms with Gasteiger partial charge in [-0.3, -0.25) is 4.79 Å². The molecule has 0 radical (unpaired) electrons. The highest BCUT2D eigenvalue weighted by molar-refractivity contribution is 6.34. The monoisotopic (exact) mass is 336 g/mol. The SMILES string of the molecule is COC1CCN(C(=O)c2cccc(F)c2Cl)C(CN)C1.Cl. The minimum absolute atomic E-state index is 0. The lowest BCUT2D eigenvalue weighted by molar-refractivity contribution is 0.0139. The molecule has 118 valence electrons. The summed E-state index contributed by atoms with van der Waals surface area (Å²) in [4.78, 5) is 14.2. The molecule has 1 fully saturated rings. The van der Waals surface area contributed by atoms with Gasteiger partial charge in [0.15, 0.2) is 0 Å². The molecule has 4 nitrogen and oxygen atoms in total. The Balaban J connectivity index is 0.00000220. The summed E-state index contributed by atoms with van der Waals surface area (Å²) in [6.07, 6.45) is 1.53. The molecule has 1 aromatic carbocycles. The number of ether oxygens (including phenoxy) is 1. The smallest absolute Gasteiger partial charge is 0.255 e. The van der Waals surface area contributed by atoms with Gasteiger partial charge in [-0.25, -0.2) is 4.39 Å². The third-order valence-corrected chi connectivity index (χ3v) is 4.10. The maximum Gasteiger partial charge on any atom is 0.255 e. The van der Waals surface area contributed by atoms with Gasteiger partial charge in [0.05, 0.1) is 16.7 Å². The van der Waals surface area contributed by atoms with Crippen molar-refractivity contribution in [3.63, 3.8) is 0 Å². The van der Waals surface area contributed by atoms with Gasteiger partial charge < -0.3 is 15.4 Å². The molecule has 0 aliphatic carbocycles. The van der Waals surface area contributed by atoms with Crippen molar-refractivity contribution in [1.82, 2.24) is 4.90 Å². The molecule has 7 heteroatoms. The number of nitrogens with two attached hydrogens (primary N) is 1. The summed E-state index contributed by atoms with van der Waals surface area (Å²) in [7, 11) is 1.65. The number of amides is 1. The fraction of sp³-hybridized carbons (Fsp3) is 0.500. The summed E-state index contributed by atoms with van der Waals surface area (Å²) in [5, 5.41) is -0.137. The molecule has 2 N–H and O–H groups in total. The standard InChI is InChI=1S/C14H18ClFN2O2.ClH/c1-20-10-5-6-18(9(7-10)8-17)14(19)11-3-2-4-12(16)13(11)15;/h2-4,9-10H,5-8,17H2,1H3;1H. The van der Waals surface area contributed by atoms with Crippen molar-refractivity contribution >= 4 is 29.9 Å². The molecule has 1 saturated heterocycles. The van der Waals surface area contributed by atoms with E-state index in [0.717, 1.165) is 6.42 Å². The number of methoxy groups -OCH3 is 1. The van der Waals surface area contributed by atoms with E-state index in [2.05, 4.69) is 0 Å². The largest absolute Gasteiger partial charge is 0.381 e. The fourth-order valence-electron chi connectivity index (χ4n) is 2.54. The predicted octanol–water partition coefficient (Wildman–Crippen LogP) is 2.48. The maximum absolute atomic E-state index is 13.5. The Labute approximate surface area is 134 Å². The summed E-state index contributed by atoms with van der Waals surface area (Å²) in [5.41, 5.74) is 5.92. The number of likely N-dealkylation sites (tertiary alicyclic amines) is 1. The van der Waals surface area contributed by atoms with Gasteiger partial charge in [0.25, 0.3) is 5.91 Å². The number of hydrogen-bond donors (Lipinski definition) is 1. The van der Waals surface area contributed by atoms with Crippen LogP contribution in [0.15, 0.2) is 18.2 Å². The average Bonchev–Trinajstić information content (AvgIpc) is 2.48. The second-order valence-corrected chi connectivity index (χ2v) is 5.25. The highest BCUT2D eigenvalue weighted by Gasteiger charge is 2.32. The molecule has 1 aliphatic heterocycles. The summed E-state index contributed by atoms with van der Waals surface area (Å²) in [6, 6.07) is 4.13. The molecule has 21 heavy (non-hydrogen) atoms. The highest BCUT2D eigenvalue weighted by Crippen LogP contribution is 2.25. The van der Waals surface area contributed by atoms with Crippen molar-refractivity contribution in [3.8, 4) is 0 Å². The number of rotatable bonds is 3.